The molecule has 0 bridgehead atoms. The number of carbonyl (C=O) groups excluding carboxylic acids is 8. The maximum atomic E-state index is 12.0. The highest BCUT2D eigenvalue weighted by molar-refractivity contribution is 5.88. The Kier molecular flexibility index (Phi) is 57.1. The van der Waals surface area contributed by atoms with E-state index < -0.39 is 0 Å². The topological polar surface area (TPSA) is 186 Å². The molecule has 4 saturated heterocycles. The lowest BCUT2D eigenvalue weighted by Gasteiger charge is -2.16. The normalized spacial score (nSPS) is 17.6. The Morgan fingerprint density at radius 1 is 0.245 bits per heavy atom. The number of amides is 4. The number of ether oxygens (including phenoxy) is 4. The minimum Gasteiger partial charge on any atom is -0.465 e. The van der Waals surface area contributed by atoms with Crippen molar-refractivity contribution in [3.8, 4) is 0 Å². The van der Waals surface area contributed by atoms with Gasteiger partial charge in [-0.1, -0.05) is 274 Å². The molecule has 4 heterocycles. The van der Waals surface area contributed by atoms with E-state index in [0.29, 0.717) is 78.3 Å². The lowest BCUT2D eigenvalue weighted by atomic mass is 10.1. The first-order chi connectivity index (χ1) is 45.7. The molecule has 16 nitrogen and oxygen atoms in total. The number of rotatable bonds is 54. The highest BCUT2D eigenvalue weighted by Crippen LogP contribution is 2.25. The fraction of sp³-hybridized carbons (Fsp3) is 0.897. The summed E-state index contributed by atoms with van der Waals surface area (Å²) in [5.74, 6) is -1.26. The zero-order chi connectivity index (χ0) is 69.1. The molecule has 4 fully saturated rings. The van der Waals surface area contributed by atoms with Crippen LogP contribution in [0.5, 0.6) is 0 Å². The van der Waals surface area contributed by atoms with Gasteiger partial charge in [0.1, 0.15) is 0 Å². The van der Waals surface area contributed by atoms with Crippen LogP contribution in [0, 0.1) is 23.7 Å². The number of nitrogens with zero attached hydrogens (tertiary/aromatic N) is 4. The lowest BCUT2D eigenvalue weighted by molar-refractivity contribution is -0.149. The fourth-order valence-corrected chi connectivity index (χ4v) is 12.4. The predicted molar refractivity (Wildman–Crippen MR) is 382 cm³/mol. The minimum atomic E-state index is -0.243. The predicted octanol–water partition coefficient (Wildman–Crippen LogP) is 18.1. The number of esters is 4. The van der Waals surface area contributed by atoms with Crippen LogP contribution < -0.4 is 0 Å². The van der Waals surface area contributed by atoms with Gasteiger partial charge in [-0.05, 0) is 51.4 Å². The smallest absolute Gasteiger partial charge is 0.311 e. The van der Waals surface area contributed by atoms with Gasteiger partial charge in [0, 0.05) is 78.0 Å². The average Bonchev–Trinajstić information content (AvgIpc) is 2.30. The molecular formula is C78H144N4O12. The standard InChI is InChI=1S/C21H39NO3.C20H37NO3.C19H35NO3.C18H33NO3/c1-3-5-7-8-9-10-11-12-13-14-15-22-18-19(17-20(22)23)21(24)25-16-6-4-2;1-3-5-7-8-9-10-11-12-13-14-21-17-18(16-19(21)22)20(23)24-15-6-4-2;1-3-5-7-8-9-10-11-12-13-20-16-17(15-18(20)21)19(22)23-14-6-4-2;1-3-5-7-8-9-10-11-12-19-15-16(14-17(19)20)18(21)22-13-6-4-2/h19H,3-18H2,1-2H3;18H,3-17H2,1-2H3;17H,3-16H2,1-2H3;16H,3-15H2,1-2H3. The van der Waals surface area contributed by atoms with E-state index in [1.807, 2.05) is 19.6 Å². The third-order valence-corrected chi connectivity index (χ3v) is 18.8. The van der Waals surface area contributed by atoms with Crippen LogP contribution in [0.3, 0.4) is 0 Å². The number of hydrogen-bond acceptors (Lipinski definition) is 12. The Hall–Kier alpha value is -4.24. The monoisotopic (exact) mass is 1330 g/mol. The molecule has 0 aromatic rings. The second-order valence-corrected chi connectivity index (χ2v) is 27.7. The summed E-state index contributed by atoms with van der Waals surface area (Å²) in [6.07, 6.45) is 52.3. The van der Waals surface area contributed by atoms with Gasteiger partial charge in [0.05, 0.1) is 50.1 Å². The van der Waals surface area contributed by atoms with Gasteiger partial charge in [0.25, 0.3) is 0 Å². The van der Waals surface area contributed by atoms with Gasteiger partial charge in [-0.25, -0.2) is 0 Å². The SMILES string of the molecule is CCCCCCCCCCCCN1CC(C(=O)OCCCC)CC1=O.CCCCCCCCCCCN1CC(C(=O)OCCCC)CC1=O.CCCCCCCCCCN1CC(C(=O)OCCCC)CC1=O.CCCCCCCCCN1CC(C(=O)OCCCC)CC1=O. The van der Waals surface area contributed by atoms with Gasteiger partial charge in [-0.3, -0.25) is 38.4 Å². The first kappa shape index (κ1) is 87.8. The minimum absolute atomic E-state index is 0.114. The molecule has 4 unspecified atom stereocenters. The molecule has 4 atom stereocenters. The largest absolute Gasteiger partial charge is 0.465 e. The molecule has 0 N–H and O–H groups in total. The van der Waals surface area contributed by atoms with E-state index in [0.717, 1.165) is 103 Å². The van der Waals surface area contributed by atoms with Crippen LogP contribution in [0.25, 0.3) is 0 Å². The molecular weight excluding hydrogens is 1180 g/mol. The molecule has 0 radical (unpaired) electrons. The molecule has 4 aliphatic rings. The van der Waals surface area contributed by atoms with Crippen molar-refractivity contribution >= 4 is 47.5 Å². The van der Waals surface area contributed by atoms with E-state index in [1.54, 1.807) is 0 Å². The molecule has 94 heavy (non-hydrogen) atoms. The summed E-state index contributed by atoms with van der Waals surface area (Å²) in [4.78, 5) is 103. The second kappa shape index (κ2) is 61.1. The molecule has 4 rings (SSSR count). The molecule has 16 heteroatoms. The van der Waals surface area contributed by atoms with Crippen LogP contribution in [0.2, 0.25) is 0 Å². The summed E-state index contributed by atoms with van der Waals surface area (Å²) < 4.78 is 21.0. The van der Waals surface area contributed by atoms with Crippen molar-refractivity contribution in [2.45, 2.75) is 351 Å². The highest BCUT2D eigenvalue weighted by Gasteiger charge is 2.38. The van der Waals surface area contributed by atoms with Crippen molar-refractivity contribution < 1.29 is 57.3 Å². The Labute approximate surface area is 575 Å². The summed E-state index contributed by atoms with van der Waals surface area (Å²) in [5.41, 5.74) is 0. The summed E-state index contributed by atoms with van der Waals surface area (Å²) in [7, 11) is 0. The number of unbranched alkanes of at least 4 members (excludes halogenated alkanes) is 34. The molecule has 0 saturated carbocycles. The molecule has 4 aliphatic heterocycles. The van der Waals surface area contributed by atoms with Crippen LogP contribution in [0.1, 0.15) is 351 Å². The quantitative estimate of drug-likeness (QED) is 0.0319. The van der Waals surface area contributed by atoms with Gasteiger partial charge in [-0.2, -0.15) is 0 Å². The summed E-state index contributed by atoms with van der Waals surface area (Å²) in [6, 6.07) is 0. The van der Waals surface area contributed by atoms with Crippen LogP contribution >= 0.6 is 0 Å². The van der Waals surface area contributed by atoms with Crippen LogP contribution in [-0.2, 0) is 57.3 Å². The second-order valence-electron chi connectivity index (χ2n) is 27.7. The third-order valence-electron chi connectivity index (χ3n) is 18.8. The van der Waals surface area contributed by atoms with E-state index in [-0.39, 0.29) is 71.2 Å². The van der Waals surface area contributed by atoms with Crippen molar-refractivity contribution in [1.29, 1.82) is 0 Å². The zero-order valence-electron chi connectivity index (χ0n) is 62.0. The van der Waals surface area contributed by atoms with Crippen LogP contribution in [0.4, 0.5) is 0 Å². The Morgan fingerprint density at radius 2 is 0.394 bits per heavy atom. The zero-order valence-corrected chi connectivity index (χ0v) is 62.0. The summed E-state index contributed by atoms with van der Waals surface area (Å²) in [6.45, 7) is 24.6. The highest BCUT2D eigenvalue weighted by atomic mass is 16.5. The average molecular weight is 1330 g/mol. The van der Waals surface area contributed by atoms with E-state index in [9.17, 15) is 38.4 Å². The third kappa shape index (κ3) is 44.6. The molecule has 548 valence electrons. The molecule has 0 spiro atoms. The lowest BCUT2D eigenvalue weighted by Crippen LogP contribution is -2.27. The number of hydrogen-bond donors (Lipinski definition) is 0. The van der Waals surface area contributed by atoms with E-state index in [4.69, 9.17) is 18.9 Å². The van der Waals surface area contributed by atoms with E-state index >= 15 is 0 Å². The van der Waals surface area contributed by atoms with Gasteiger partial charge in [-0.15, -0.1) is 0 Å². The molecule has 0 aromatic carbocycles. The van der Waals surface area contributed by atoms with Crippen LogP contribution in [-0.4, -0.2) is 146 Å². The van der Waals surface area contributed by atoms with Gasteiger partial charge in [0.2, 0.25) is 23.6 Å². The van der Waals surface area contributed by atoms with Gasteiger partial charge < -0.3 is 38.5 Å². The van der Waals surface area contributed by atoms with Crippen molar-refractivity contribution in [1.82, 2.24) is 19.6 Å². The van der Waals surface area contributed by atoms with Crippen LogP contribution in [0.15, 0.2) is 0 Å². The first-order valence-corrected chi connectivity index (χ1v) is 39.5. The Morgan fingerprint density at radius 3 is 0.553 bits per heavy atom. The molecule has 0 aromatic heterocycles. The molecule has 4 amide bonds. The maximum absolute atomic E-state index is 12.0. The van der Waals surface area contributed by atoms with Crippen molar-refractivity contribution in [3.63, 3.8) is 0 Å². The Balaban J connectivity index is 0.000000627. The van der Waals surface area contributed by atoms with E-state index in [2.05, 4.69) is 55.4 Å². The van der Waals surface area contributed by atoms with Crippen molar-refractivity contribution in [2.75, 3.05) is 78.8 Å². The van der Waals surface area contributed by atoms with Crippen molar-refractivity contribution in [2.24, 2.45) is 23.7 Å². The van der Waals surface area contributed by atoms with Gasteiger partial charge in [0.15, 0.2) is 0 Å². The van der Waals surface area contributed by atoms with E-state index in [1.165, 1.54) is 193 Å². The summed E-state index contributed by atoms with van der Waals surface area (Å²) >= 11 is 0. The van der Waals surface area contributed by atoms with Crippen molar-refractivity contribution in [3.05, 3.63) is 0 Å². The summed E-state index contributed by atoms with van der Waals surface area (Å²) in [5, 5.41) is 0. The van der Waals surface area contributed by atoms with Gasteiger partial charge >= 0.3 is 23.9 Å². The fourth-order valence-electron chi connectivity index (χ4n) is 12.4. The number of likely N-dealkylation sites (tertiary alicyclic amines) is 4. The number of carbonyl (C=O) groups is 8. The maximum Gasteiger partial charge on any atom is 0.311 e. The first-order valence-electron chi connectivity index (χ1n) is 39.5. The molecule has 0 aliphatic carbocycles. The Bertz CT molecular complexity index is 1940.